The fourth-order valence-electron chi connectivity index (χ4n) is 1.97. The summed E-state index contributed by atoms with van der Waals surface area (Å²) >= 11 is 0. The van der Waals surface area contributed by atoms with Gasteiger partial charge in [0.1, 0.15) is 0 Å². The van der Waals surface area contributed by atoms with Crippen LogP contribution >= 0.6 is 0 Å². The Hall–Kier alpha value is -0.790. The predicted molar refractivity (Wildman–Crippen MR) is 75.1 cm³/mol. The van der Waals surface area contributed by atoms with Crippen LogP contribution in [0.5, 0.6) is 0 Å². The minimum atomic E-state index is 0.323. The number of amides is 1. The van der Waals surface area contributed by atoms with Crippen LogP contribution in [0.2, 0.25) is 0 Å². The highest BCUT2D eigenvalue weighted by atomic mass is 16.2. The third-order valence-corrected chi connectivity index (χ3v) is 3.11. The number of carbonyl (C=O) groups excluding carboxylic acids is 1. The number of unbranched alkanes of at least 4 members (excludes halogenated alkanes) is 5. The number of allylic oxidation sites excluding steroid dienone is 2. The minimum Gasteiger partial charge on any atom is -0.343 e. The number of hydrogen-bond donors (Lipinski definition) is 0. The van der Waals surface area contributed by atoms with Gasteiger partial charge in [0.05, 0.1) is 0 Å². The molecule has 0 heterocycles. The third kappa shape index (κ3) is 8.96. The lowest BCUT2D eigenvalue weighted by atomic mass is 10.1. The van der Waals surface area contributed by atoms with E-state index in [1.54, 1.807) is 0 Å². The van der Waals surface area contributed by atoms with Crippen molar-refractivity contribution in [1.82, 2.24) is 4.90 Å². The van der Waals surface area contributed by atoms with Crippen LogP contribution in [0.4, 0.5) is 0 Å². The highest BCUT2D eigenvalue weighted by molar-refractivity contribution is 5.75. The van der Waals surface area contributed by atoms with Crippen molar-refractivity contribution in [3.05, 3.63) is 12.2 Å². The van der Waals surface area contributed by atoms with Crippen molar-refractivity contribution in [1.29, 1.82) is 0 Å². The van der Waals surface area contributed by atoms with Crippen molar-refractivity contribution in [2.75, 3.05) is 13.1 Å². The van der Waals surface area contributed by atoms with Crippen molar-refractivity contribution >= 4 is 5.91 Å². The van der Waals surface area contributed by atoms with Crippen molar-refractivity contribution < 1.29 is 4.79 Å². The van der Waals surface area contributed by atoms with Gasteiger partial charge in [-0.3, -0.25) is 4.79 Å². The second kappa shape index (κ2) is 11.7. The largest absolute Gasteiger partial charge is 0.343 e. The van der Waals surface area contributed by atoms with Crippen LogP contribution in [0.15, 0.2) is 12.2 Å². The Morgan fingerprint density at radius 3 is 2.18 bits per heavy atom. The molecule has 0 aromatic heterocycles. The average molecular weight is 239 g/mol. The van der Waals surface area contributed by atoms with Crippen LogP contribution in [0, 0.1) is 0 Å². The molecule has 0 saturated carbocycles. The smallest absolute Gasteiger partial charge is 0.222 e. The SMILES string of the molecule is C/C=C/CCCCCCCC(=O)N(CC)CC. The quantitative estimate of drug-likeness (QED) is 0.414. The standard InChI is InChI=1S/C15H29NO/c1-4-7-8-9-10-11-12-13-14-15(17)16(5-2)6-3/h4,7H,5-6,8-14H2,1-3H3/b7-4+. The molecule has 0 aliphatic rings. The zero-order valence-corrected chi connectivity index (χ0v) is 11.9. The average Bonchev–Trinajstić information content (AvgIpc) is 2.34. The molecular weight excluding hydrogens is 210 g/mol. The van der Waals surface area contributed by atoms with Gasteiger partial charge in [0.25, 0.3) is 0 Å². The molecule has 0 aromatic carbocycles. The molecule has 2 heteroatoms. The Morgan fingerprint density at radius 1 is 1.00 bits per heavy atom. The first kappa shape index (κ1) is 16.2. The monoisotopic (exact) mass is 239 g/mol. The number of nitrogens with zero attached hydrogens (tertiary/aromatic N) is 1. The molecular formula is C15H29NO. The van der Waals surface area contributed by atoms with Crippen LogP contribution < -0.4 is 0 Å². The van der Waals surface area contributed by atoms with Crippen molar-refractivity contribution in [2.24, 2.45) is 0 Å². The second-order valence-corrected chi connectivity index (χ2v) is 4.44. The van der Waals surface area contributed by atoms with Gasteiger partial charge in [-0.05, 0) is 40.0 Å². The molecule has 1 amide bonds. The topological polar surface area (TPSA) is 20.3 Å². The molecule has 0 N–H and O–H groups in total. The maximum absolute atomic E-state index is 11.7. The van der Waals surface area contributed by atoms with Gasteiger partial charge in [-0.25, -0.2) is 0 Å². The molecule has 100 valence electrons. The van der Waals surface area contributed by atoms with Gasteiger partial charge < -0.3 is 4.90 Å². The number of hydrogen-bond acceptors (Lipinski definition) is 1. The fourth-order valence-corrected chi connectivity index (χ4v) is 1.97. The van der Waals surface area contributed by atoms with Gasteiger partial charge in [-0.2, -0.15) is 0 Å². The molecule has 0 fully saturated rings. The molecule has 0 unspecified atom stereocenters. The van der Waals surface area contributed by atoms with E-state index < -0.39 is 0 Å². The molecule has 0 rings (SSSR count). The van der Waals surface area contributed by atoms with E-state index in [0.29, 0.717) is 5.91 Å². The molecule has 2 nitrogen and oxygen atoms in total. The predicted octanol–water partition coefficient (Wildman–Crippen LogP) is 4.16. The van der Waals surface area contributed by atoms with Crippen LogP contribution in [-0.4, -0.2) is 23.9 Å². The lowest BCUT2D eigenvalue weighted by Gasteiger charge is -2.18. The fraction of sp³-hybridized carbons (Fsp3) is 0.800. The Labute approximate surface area is 107 Å². The molecule has 0 aliphatic carbocycles. The molecule has 0 aliphatic heterocycles. The van der Waals surface area contributed by atoms with E-state index in [9.17, 15) is 4.79 Å². The van der Waals surface area contributed by atoms with E-state index in [4.69, 9.17) is 0 Å². The third-order valence-electron chi connectivity index (χ3n) is 3.11. The van der Waals surface area contributed by atoms with E-state index in [1.165, 1.54) is 32.1 Å². The Balaban J connectivity index is 3.36. The summed E-state index contributed by atoms with van der Waals surface area (Å²) in [5.41, 5.74) is 0. The van der Waals surface area contributed by atoms with E-state index in [-0.39, 0.29) is 0 Å². The van der Waals surface area contributed by atoms with Crippen molar-refractivity contribution in [3.63, 3.8) is 0 Å². The van der Waals surface area contributed by atoms with E-state index in [0.717, 1.165) is 25.9 Å². The first-order chi connectivity index (χ1) is 8.26. The Kier molecular flexibility index (Phi) is 11.1. The summed E-state index contributed by atoms with van der Waals surface area (Å²) in [7, 11) is 0. The zero-order valence-electron chi connectivity index (χ0n) is 11.9. The summed E-state index contributed by atoms with van der Waals surface area (Å²) in [6.45, 7) is 7.85. The van der Waals surface area contributed by atoms with Crippen LogP contribution in [-0.2, 0) is 4.79 Å². The Morgan fingerprint density at radius 2 is 1.59 bits per heavy atom. The van der Waals surface area contributed by atoms with Crippen LogP contribution in [0.25, 0.3) is 0 Å². The van der Waals surface area contributed by atoms with Gasteiger partial charge in [0.2, 0.25) is 5.91 Å². The first-order valence-corrected chi connectivity index (χ1v) is 7.15. The minimum absolute atomic E-state index is 0.323. The highest BCUT2D eigenvalue weighted by Gasteiger charge is 2.07. The molecule has 17 heavy (non-hydrogen) atoms. The normalized spacial score (nSPS) is 11.0. The van der Waals surface area contributed by atoms with Crippen LogP contribution in [0.3, 0.4) is 0 Å². The van der Waals surface area contributed by atoms with E-state index in [2.05, 4.69) is 19.1 Å². The molecule has 0 bridgehead atoms. The molecule has 0 radical (unpaired) electrons. The highest BCUT2D eigenvalue weighted by Crippen LogP contribution is 2.08. The lowest BCUT2D eigenvalue weighted by molar-refractivity contribution is -0.130. The van der Waals surface area contributed by atoms with Crippen molar-refractivity contribution in [3.8, 4) is 0 Å². The van der Waals surface area contributed by atoms with Gasteiger partial charge >= 0.3 is 0 Å². The maximum Gasteiger partial charge on any atom is 0.222 e. The molecule has 0 atom stereocenters. The zero-order chi connectivity index (χ0) is 12.9. The summed E-state index contributed by atoms with van der Waals surface area (Å²) in [6.07, 6.45) is 12.4. The summed E-state index contributed by atoms with van der Waals surface area (Å²) in [4.78, 5) is 13.6. The van der Waals surface area contributed by atoms with E-state index in [1.807, 2.05) is 18.7 Å². The van der Waals surface area contributed by atoms with E-state index >= 15 is 0 Å². The summed E-state index contributed by atoms with van der Waals surface area (Å²) in [5, 5.41) is 0. The maximum atomic E-state index is 11.7. The van der Waals surface area contributed by atoms with Gasteiger partial charge in [0.15, 0.2) is 0 Å². The summed E-state index contributed by atoms with van der Waals surface area (Å²) in [5.74, 6) is 0.323. The van der Waals surface area contributed by atoms with Gasteiger partial charge in [-0.1, -0.05) is 31.4 Å². The molecule has 0 aromatic rings. The van der Waals surface area contributed by atoms with Gasteiger partial charge in [0, 0.05) is 19.5 Å². The number of carbonyl (C=O) groups is 1. The van der Waals surface area contributed by atoms with Crippen molar-refractivity contribution in [2.45, 2.75) is 65.7 Å². The summed E-state index contributed by atoms with van der Waals surface area (Å²) < 4.78 is 0. The first-order valence-electron chi connectivity index (χ1n) is 7.15. The second-order valence-electron chi connectivity index (χ2n) is 4.44. The van der Waals surface area contributed by atoms with Crippen LogP contribution in [0.1, 0.15) is 65.7 Å². The molecule has 0 saturated heterocycles. The number of rotatable bonds is 10. The Bertz CT molecular complexity index is 207. The lowest BCUT2D eigenvalue weighted by Crippen LogP contribution is -2.30. The molecule has 0 spiro atoms. The summed E-state index contributed by atoms with van der Waals surface area (Å²) in [6, 6.07) is 0. The van der Waals surface area contributed by atoms with Gasteiger partial charge in [-0.15, -0.1) is 0 Å².